The summed E-state index contributed by atoms with van der Waals surface area (Å²) >= 11 is 6.08. The highest BCUT2D eigenvalue weighted by molar-refractivity contribution is 7.90. The van der Waals surface area contributed by atoms with Gasteiger partial charge in [-0.15, -0.1) is 0 Å². The van der Waals surface area contributed by atoms with Crippen LogP contribution in [0.2, 0.25) is 5.02 Å². The zero-order chi connectivity index (χ0) is 21.5. The maximum absolute atomic E-state index is 14.3. The minimum Gasteiger partial charge on any atom is -0.495 e. The summed E-state index contributed by atoms with van der Waals surface area (Å²) < 4.78 is 84.1. The van der Waals surface area contributed by atoms with E-state index >= 15 is 0 Å². The van der Waals surface area contributed by atoms with Crippen LogP contribution in [0.25, 0.3) is 16.9 Å². The highest BCUT2D eigenvalue weighted by atomic mass is 35.5. The number of methoxy groups -OCH3 is 1. The summed E-state index contributed by atoms with van der Waals surface area (Å²) in [6.45, 7) is 0. The van der Waals surface area contributed by atoms with Crippen LogP contribution in [0.1, 0.15) is 12.1 Å². The topological polar surface area (TPSA) is 61.2 Å². The van der Waals surface area contributed by atoms with Crippen LogP contribution in [0.4, 0.5) is 17.6 Å². The monoisotopic (exact) mass is 448 g/mol. The van der Waals surface area contributed by atoms with Crippen molar-refractivity contribution in [1.29, 1.82) is 0 Å². The van der Waals surface area contributed by atoms with Crippen LogP contribution < -0.4 is 4.74 Å². The van der Waals surface area contributed by atoms with Gasteiger partial charge in [-0.1, -0.05) is 11.6 Å². The largest absolute Gasteiger partial charge is 0.495 e. The second-order valence-corrected chi connectivity index (χ2v) is 8.39. The summed E-state index contributed by atoms with van der Waals surface area (Å²) in [5.74, 6) is -2.39. The number of aromatic nitrogens is 2. The molecule has 3 aromatic rings. The number of alkyl halides is 2. The molecule has 3 rings (SSSR count). The van der Waals surface area contributed by atoms with Crippen LogP contribution in [-0.2, 0) is 9.84 Å². The molecule has 2 aromatic carbocycles. The number of benzene rings is 2. The smallest absolute Gasteiger partial charge is 0.282 e. The van der Waals surface area contributed by atoms with Gasteiger partial charge in [-0.25, -0.2) is 30.7 Å². The zero-order valence-electron chi connectivity index (χ0n) is 15.0. The van der Waals surface area contributed by atoms with Gasteiger partial charge >= 0.3 is 0 Å². The van der Waals surface area contributed by atoms with E-state index in [4.69, 9.17) is 16.3 Å². The molecule has 11 heteroatoms. The second kappa shape index (κ2) is 7.68. The van der Waals surface area contributed by atoms with E-state index in [-0.39, 0.29) is 16.4 Å². The van der Waals surface area contributed by atoms with Crippen molar-refractivity contribution in [3.05, 3.63) is 58.7 Å². The van der Waals surface area contributed by atoms with E-state index in [1.165, 1.54) is 25.3 Å². The average Bonchev–Trinajstić information content (AvgIpc) is 3.05. The molecule has 0 saturated heterocycles. The number of hydrogen-bond acceptors (Lipinski definition) is 4. The Bertz CT molecular complexity index is 1170. The molecule has 0 amide bonds. The average molecular weight is 449 g/mol. The zero-order valence-corrected chi connectivity index (χ0v) is 16.5. The molecule has 29 heavy (non-hydrogen) atoms. The van der Waals surface area contributed by atoms with E-state index in [1.807, 2.05) is 0 Å². The lowest BCUT2D eigenvalue weighted by molar-refractivity contribution is 0.145. The van der Waals surface area contributed by atoms with E-state index < -0.39 is 38.5 Å². The Labute approximate surface area is 168 Å². The van der Waals surface area contributed by atoms with E-state index in [1.54, 1.807) is 0 Å². The Kier molecular flexibility index (Phi) is 5.59. The normalized spacial score (nSPS) is 11.9. The van der Waals surface area contributed by atoms with E-state index in [0.717, 1.165) is 10.7 Å². The maximum Gasteiger partial charge on any atom is 0.282 e. The van der Waals surface area contributed by atoms with Gasteiger partial charge < -0.3 is 4.74 Å². The number of sulfone groups is 1. The molecule has 1 aromatic heterocycles. The lowest BCUT2D eigenvalue weighted by Crippen LogP contribution is -2.08. The van der Waals surface area contributed by atoms with Gasteiger partial charge in [-0.2, -0.15) is 5.10 Å². The van der Waals surface area contributed by atoms with Crippen LogP contribution in [0, 0.1) is 11.6 Å². The Morgan fingerprint density at radius 1 is 1.10 bits per heavy atom. The number of nitrogens with zero attached hydrogens (tertiary/aromatic N) is 2. The highest BCUT2D eigenvalue weighted by Crippen LogP contribution is 2.34. The van der Waals surface area contributed by atoms with Crippen molar-refractivity contribution in [3.8, 4) is 22.7 Å². The second-order valence-electron chi connectivity index (χ2n) is 6.03. The van der Waals surface area contributed by atoms with Gasteiger partial charge in [0.15, 0.2) is 9.84 Å². The lowest BCUT2D eigenvalue weighted by atomic mass is 10.1. The summed E-state index contributed by atoms with van der Waals surface area (Å²) in [5, 5.41) is 3.89. The van der Waals surface area contributed by atoms with Crippen LogP contribution in [0.15, 0.2) is 41.3 Å². The fraction of sp³-hybridized carbons (Fsp3) is 0.167. The molecule has 0 bridgehead atoms. The summed E-state index contributed by atoms with van der Waals surface area (Å²) in [5.41, 5.74) is -0.528. The molecule has 0 aliphatic heterocycles. The van der Waals surface area contributed by atoms with Crippen molar-refractivity contribution in [3.63, 3.8) is 0 Å². The van der Waals surface area contributed by atoms with Crippen molar-refractivity contribution in [2.75, 3.05) is 13.4 Å². The van der Waals surface area contributed by atoms with Gasteiger partial charge in [0.1, 0.15) is 28.0 Å². The first-order chi connectivity index (χ1) is 13.5. The molecule has 154 valence electrons. The van der Waals surface area contributed by atoms with Crippen LogP contribution in [0.3, 0.4) is 0 Å². The Hall–Kier alpha value is -2.59. The van der Waals surface area contributed by atoms with Gasteiger partial charge in [-0.05, 0) is 24.3 Å². The first-order valence-electron chi connectivity index (χ1n) is 7.94. The molecule has 1 heterocycles. The third-order valence-electron chi connectivity index (χ3n) is 4.00. The standard InChI is InChI=1S/C18H13ClF4N2O3S/c1-28-16-4-3-9(5-11(16)19)15-8-14(18(22)23)24-25(15)10-6-12(20)17(13(21)7-10)29(2,26)27/h3-8,18H,1-2H3. The third kappa shape index (κ3) is 4.08. The molecule has 0 unspecified atom stereocenters. The van der Waals surface area contributed by atoms with Crippen molar-refractivity contribution in [1.82, 2.24) is 9.78 Å². The van der Waals surface area contributed by atoms with Crippen molar-refractivity contribution >= 4 is 21.4 Å². The molecular weight excluding hydrogens is 436 g/mol. The Morgan fingerprint density at radius 3 is 2.21 bits per heavy atom. The number of ether oxygens (including phenoxy) is 1. The first-order valence-corrected chi connectivity index (χ1v) is 10.2. The molecule has 5 nitrogen and oxygen atoms in total. The Morgan fingerprint density at radius 2 is 1.72 bits per heavy atom. The molecular formula is C18H13ClF4N2O3S. The van der Waals surface area contributed by atoms with Gasteiger partial charge in [0, 0.05) is 24.0 Å². The van der Waals surface area contributed by atoms with Crippen LogP contribution >= 0.6 is 11.6 Å². The molecule has 0 spiro atoms. The Balaban J connectivity index is 2.24. The minimum atomic E-state index is -4.18. The van der Waals surface area contributed by atoms with E-state index in [9.17, 15) is 26.0 Å². The minimum absolute atomic E-state index is 0.0655. The highest BCUT2D eigenvalue weighted by Gasteiger charge is 2.24. The van der Waals surface area contributed by atoms with Crippen molar-refractivity contribution in [2.24, 2.45) is 0 Å². The number of rotatable bonds is 5. The molecule has 0 aliphatic carbocycles. The molecule has 0 fully saturated rings. The first kappa shape index (κ1) is 21.1. The molecule has 0 atom stereocenters. The van der Waals surface area contributed by atoms with Crippen LogP contribution in [0.5, 0.6) is 5.75 Å². The summed E-state index contributed by atoms with van der Waals surface area (Å²) in [4.78, 5) is -1.11. The van der Waals surface area contributed by atoms with E-state index in [0.29, 0.717) is 29.7 Å². The maximum atomic E-state index is 14.3. The molecule has 0 radical (unpaired) electrons. The summed E-state index contributed by atoms with van der Waals surface area (Å²) in [6.07, 6.45) is -2.30. The number of halogens is 5. The molecule has 0 N–H and O–H groups in total. The van der Waals surface area contributed by atoms with Gasteiger partial charge in [0.25, 0.3) is 6.43 Å². The predicted molar refractivity (Wildman–Crippen MR) is 98.5 cm³/mol. The van der Waals surface area contributed by atoms with Gasteiger partial charge in [0.05, 0.1) is 23.5 Å². The summed E-state index contributed by atoms with van der Waals surface area (Å²) in [7, 11) is -2.78. The predicted octanol–water partition coefficient (Wildman–Crippen LogP) is 4.82. The van der Waals surface area contributed by atoms with E-state index in [2.05, 4.69) is 5.10 Å². The van der Waals surface area contributed by atoms with Crippen molar-refractivity contribution < 1.29 is 30.7 Å². The van der Waals surface area contributed by atoms with Crippen molar-refractivity contribution in [2.45, 2.75) is 11.3 Å². The fourth-order valence-electron chi connectivity index (χ4n) is 2.76. The van der Waals surface area contributed by atoms with Crippen LogP contribution in [-0.4, -0.2) is 31.6 Å². The van der Waals surface area contributed by atoms with Gasteiger partial charge in [-0.3, -0.25) is 0 Å². The molecule has 0 saturated carbocycles. The number of hydrogen-bond donors (Lipinski definition) is 0. The summed E-state index contributed by atoms with van der Waals surface area (Å²) in [6, 6.07) is 6.87. The quantitative estimate of drug-likeness (QED) is 0.525. The molecule has 0 aliphatic rings. The van der Waals surface area contributed by atoms with Gasteiger partial charge in [0.2, 0.25) is 0 Å². The SMILES string of the molecule is COc1ccc(-c2cc(C(F)F)nn2-c2cc(F)c(S(C)(=O)=O)c(F)c2)cc1Cl. The fourth-order valence-corrected chi connectivity index (χ4v) is 3.84. The third-order valence-corrected chi connectivity index (χ3v) is 5.42. The lowest BCUT2D eigenvalue weighted by Gasteiger charge is -2.11.